The molecule has 1 heterocycles. The molecule has 3 amide bonds. The first kappa shape index (κ1) is 24.1. The molecule has 1 aliphatic rings. The number of alkyl halides is 2. The van der Waals surface area contributed by atoms with Gasteiger partial charge in [-0.3, -0.25) is 19.3 Å². The van der Waals surface area contributed by atoms with Gasteiger partial charge in [0.25, 0.3) is 0 Å². The molecule has 2 atom stereocenters. The molecule has 0 spiro atoms. The topological polar surface area (TPSA) is 91.0 Å². The lowest BCUT2D eigenvalue weighted by Gasteiger charge is -2.31. The predicted octanol–water partition coefficient (Wildman–Crippen LogP) is 3.31. The SMILES string of the molecule is C[C@H](C(=O)Nc1ccccc1OC(F)F)N(C)CC(=O)N1c2ccccc2NC(=O)C[C@@H]1C. The molecule has 0 saturated heterocycles. The average Bonchev–Trinajstić information content (AvgIpc) is 2.88. The van der Waals surface area contributed by atoms with Crippen molar-refractivity contribution in [3.8, 4) is 5.75 Å². The Hall–Kier alpha value is -3.53. The van der Waals surface area contributed by atoms with Crippen LogP contribution in [0, 0.1) is 0 Å². The molecule has 0 saturated carbocycles. The normalized spacial score (nSPS) is 16.6. The first-order valence-corrected chi connectivity index (χ1v) is 10.4. The van der Waals surface area contributed by atoms with E-state index in [1.807, 2.05) is 0 Å². The minimum atomic E-state index is -3.03. The van der Waals surface area contributed by atoms with E-state index in [0.29, 0.717) is 11.4 Å². The van der Waals surface area contributed by atoms with Crippen LogP contribution in [-0.2, 0) is 14.4 Å². The average molecular weight is 460 g/mol. The van der Waals surface area contributed by atoms with Crippen LogP contribution in [0.4, 0.5) is 25.8 Å². The molecular weight excluding hydrogens is 434 g/mol. The monoisotopic (exact) mass is 460 g/mol. The fourth-order valence-corrected chi connectivity index (χ4v) is 3.60. The van der Waals surface area contributed by atoms with Crippen molar-refractivity contribution in [3.05, 3.63) is 48.5 Å². The van der Waals surface area contributed by atoms with E-state index in [-0.39, 0.29) is 42.3 Å². The van der Waals surface area contributed by atoms with E-state index in [0.717, 1.165) is 0 Å². The summed E-state index contributed by atoms with van der Waals surface area (Å²) in [6.07, 6.45) is 0.140. The summed E-state index contributed by atoms with van der Waals surface area (Å²) in [6.45, 7) is 0.261. The molecule has 0 bridgehead atoms. The molecule has 176 valence electrons. The lowest BCUT2D eigenvalue weighted by Crippen LogP contribution is -2.48. The third kappa shape index (κ3) is 5.83. The van der Waals surface area contributed by atoms with Crippen LogP contribution in [0.2, 0.25) is 0 Å². The maximum absolute atomic E-state index is 13.2. The second-order valence-corrected chi connectivity index (χ2v) is 7.84. The van der Waals surface area contributed by atoms with E-state index in [1.54, 1.807) is 61.0 Å². The molecule has 0 radical (unpaired) electrons. The van der Waals surface area contributed by atoms with E-state index in [4.69, 9.17) is 0 Å². The van der Waals surface area contributed by atoms with Crippen LogP contribution < -0.4 is 20.3 Å². The van der Waals surface area contributed by atoms with Crippen molar-refractivity contribution >= 4 is 34.8 Å². The zero-order chi connectivity index (χ0) is 24.1. The van der Waals surface area contributed by atoms with Gasteiger partial charge in [0.05, 0.1) is 29.6 Å². The highest BCUT2D eigenvalue weighted by atomic mass is 19.3. The summed E-state index contributed by atoms with van der Waals surface area (Å²) in [7, 11) is 1.61. The smallest absolute Gasteiger partial charge is 0.387 e. The van der Waals surface area contributed by atoms with E-state index in [9.17, 15) is 23.2 Å². The number of hydrogen-bond acceptors (Lipinski definition) is 5. The standard InChI is InChI=1S/C23H26F2N4O4/c1-14-12-20(30)26-16-8-4-6-10-18(16)29(14)21(31)13-28(3)15(2)22(32)27-17-9-5-7-11-19(17)33-23(24)25/h4-11,14-15,23H,12-13H2,1-3H3,(H,26,30)(H,27,32)/t14-,15+/m0/s1. The number of nitrogens with one attached hydrogen (secondary N) is 2. The Kier molecular flexibility index (Phi) is 7.59. The zero-order valence-corrected chi connectivity index (χ0v) is 18.5. The van der Waals surface area contributed by atoms with Crippen molar-refractivity contribution < 1.29 is 27.9 Å². The number of halogens is 2. The molecule has 0 aromatic heterocycles. The molecule has 2 N–H and O–H groups in total. The van der Waals surface area contributed by atoms with Crippen molar-refractivity contribution in [3.63, 3.8) is 0 Å². The maximum atomic E-state index is 13.2. The number of carbonyl (C=O) groups excluding carboxylic acids is 3. The van der Waals surface area contributed by atoms with E-state index >= 15 is 0 Å². The first-order valence-electron chi connectivity index (χ1n) is 10.4. The summed E-state index contributed by atoms with van der Waals surface area (Å²) in [5.74, 6) is -1.11. The van der Waals surface area contributed by atoms with E-state index in [2.05, 4.69) is 15.4 Å². The molecule has 33 heavy (non-hydrogen) atoms. The quantitative estimate of drug-likeness (QED) is 0.662. The summed E-state index contributed by atoms with van der Waals surface area (Å²) in [5, 5.41) is 5.37. The lowest BCUT2D eigenvalue weighted by molar-refractivity contribution is -0.123. The molecule has 10 heteroatoms. The minimum absolute atomic E-state index is 0.101. The molecule has 0 aliphatic carbocycles. The van der Waals surface area contributed by atoms with Crippen LogP contribution in [0.5, 0.6) is 5.75 Å². The van der Waals surface area contributed by atoms with Crippen LogP contribution in [0.1, 0.15) is 20.3 Å². The van der Waals surface area contributed by atoms with Gasteiger partial charge in [0.15, 0.2) is 0 Å². The molecule has 8 nitrogen and oxygen atoms in total. The minimum Gasteiger partial charge on any atom is -0.433 e. The molecule has 0 fully saturated rings. The fraction of sp³-hybridized carbons (Fsp3) is 0.348. The van der Waals surface area contributed by atoms with Crippen LogP contribution in [0.15, 0.2) is 48.5 Å². The molecule has 1 aliphatic heterocycles. The van der Waals surface area contributed by atoms with Gasteiger partial charge in [0.1, 0.15) is 5.75 Å². The third-order valence-corrected chi connectivity index (χ3v) is 5.41. The summed E-state index contributed by atoms with van der Waals surface area (Å²) < 4.78 is 29.7. The first-order chi connectivity index (χ1) is 15.7. The van der Waals surface area contributed by atoms with Gasteiger partial charge in [-0.2, -0.15) is 8.78 Å². The van der Waals surface area contributed by atoms with Gasteiger partial charge in [-0.25, -0.2) is 0 Å². The summed E-state index contributed by atoms with van der Waals surface area (Å²) in [6, 6.07) is 11.8. The maximum Gasteiger partial charge on any atom is 0.387 e. The van der Waals surface area contributed by atoms with Crippen LogP contribution >= 0.6 is 0 Å². The van der Waals surface area contributed by atoms with Crippen molar-refractivity contribution in [2.24, 2.45) is 0 Å². The van der Waals surface area contributed by atoms with Crippen LogP contribution in [0.3, 0.4) is 0 Å². The second kappa shape index (κ2) is 10.4. The highest BCUT2D eigenvalue weighted by Gasteiger charge is 2.31. The Morgan fingerprint density at radius 1 is 1.21 bits per heavy atom. The Bertz CT molecular complexity index is 1030. The molecule has 3 rings (SSSR count). The number of ether oxygens (including phenoxy) is 1. The van der Waals surface area contributed by atoms with Crippen molar-refractivity contribution in [1.29, 1.82) is 0 Å². The number of hydrogen-bond donors (Lipinski definition) is 2. The Labute approximate surface area is 190 Å². The highest BCUT2D eigenvalue weighted by molar-refractivity contribution is 6.05. The Morgan fingerprint density at radius 3 is 2.61 bits per heavy atom. The van der Waals surface area contributed by atoms with Crippen molar-refractivity contribution in [1.82, 2.24) is 4.90 Å². The summed E-state index contributed by atoms with van der Waals surface area (Å²) in [5.41, 5.74) is 1.24. The van der Waals surface area contributed by atoms with Crippen molar-refractivity contribution in [2.75, 3.05) is 29.1 Å². The van der Waals surface area contributed by atoms with Gasteiger partial charge < -0.3 is 20.3 Å². The number of carbonyl (C=O) groups is 3. The summed E-state index contributed by atoms with van der Waals surface area (Å²) in [4.78, 5) is 41.2. The van der Waals surface area contributed by atoms with Gasteiger partial charge in [0, 0.05) is 12.5 Å². The number of anilines is 3. The number of benzene rings is 2. The summed E-state index contributed by atoms with van der Waals surface area (Å²) >= 11 is 0. The van der Waals surface area contributed by atoms with Crippen LogP contribution in [-0.4, -0.2) is 54.9 Å². The van der Waals surface area contributed by atoms with Gasteiger partial charge in [-0.15, -0.1) is 0 Å². The number of amides is 3. The number of fused-ring (bicyclic) bond motifs is 1. The van der Waals surface area contributed by atoms with Gasteiger partial charge in [-0.05, 0) is 45.2 Å². The zero-order valence-electron chi connectivity index (χ0n) is 18.5. The molecule has 0 unspecified atom stereocenters. The molecule has 2 aromatic rings. The predicted molar refractivity (Wildman–Crippen MR) is 120 cm³/mol. The van der Waals surface area contributed by atoms with E-state index < -0.39 is 18.6 Å². The van der Waals surface area contributed by atoms with Crippen molar-refractivity contribution in [2.45, 2.75) is 39.0 Å². The van der Waals surface area contributed by atoms with Gasteiger partial charge in [-0.1, -0.05) is 24.3 Å². The number of likely N-dealkylation sites (N-methyl/N-ethyl adjacent to an activating group) is 1. The molecule has 2 aromatic carbocycles. The number of rotatable bonds is 7. The lowest BCUT2D eigenvalue weighted by atomic mass is 10.1. The second-order valence-electron chi connectivity index (χ2n) is 7.84. The van der Waals surface area contributed by atoms with E-state index in [1.165, 1.54) is 18.2 Å². The highest BCUT2D eigenvalue weighted by Crippen LogP contribution is 2.31. The Morgan fingerprint density at radius 2 is 1.88 bits per heavy atom. The Balaban J connectivity index is 1.71. The van der Waals surface area contributed by atoms with Crippen LogP contribution in [0.25, 0.3) is 0 Å². The molecular formula is C23H26F2N4O4. The number of para-hydroxylation sites is 4. The van der Waals surface area contributed by atoms with Gasteiger partial charge in [0.2, 0.25) is 17.7 Å². The van der Waals surface area contributed by atoms with Gasteiger partial charge >= 0.3 is 6.61 Å². The number of nitrogens with zero attached hydrogens (tertiary/aromatic N) is 2. The third-order valence-electron chi connectivity index (χ3n) is 5.41. The largest absolute Gasteiger partial charge is 0.433 e. The fourth-order valence-electron chi connectivity index (χ4n) is 3.60.